The van der Waals surface area contributed by atoms with Gasteiger partial charge >= 0.3 is 12.1 Å². The first-order chi connectivity index (χ1) is 11.8. The third kappa shape index (κ3) is 5.20. The molecule has 1 N–H and O–H groups in total. The smallest absolute Gasteiger partial charge is 0.410 e. The molecule has 142 valence electrons. The number of ether oxygens (including phenoxy) is 2. The Morgan fingerprint density at radius 2 is 2.08 bits per heavy atom. The van der Waals surface area contributed by atoms with Crippen molar-refractivity contribution in [1.29, 1.82) is 0 Å². The summed E-state index contributed by atoms with van der Waals surface area (Å²) in [5, 5.41) is 3.92. The molecule has 7 nitrogen and oxygen atoms in total. The molecule has 2 heterocycles. The molecule has 0 aromatic rings. The molecule has 2 aliphatic rings. The van der Waals surface area contributed by atoms with E-state index in [2.05, 4.69) is 10.2 Å². The van der Waals surface area contributed by atoms with Gasteiger partial charge in [0.15, 0.2) is 5.11 Å². The Morgan fingerprint density at radius 1 is 1.40 bits per heavy atom. The Morgan fingerprint density at radius 3 is 2.64 bits per heavy atom. The summed E-state index contributed by atoms with van der Waals surface area (Å²) in [5.74, 6) is -0.170. The van der Waals surface area contributed by atoms with Crippen LogP contribution in [0.15, 0.2) is 0 Å². The minimum Gasteiger partial charge on any atom is -0.466 e. The number of carbonyl (C=O) groups is 2. The quantitative estimate of drug-likeness (QED) is 0.434. The van der Waals surface area contributed by atoms with Crippen molar-refractivity contribution in [2.45, 2.75) is 58.0 Å². The van der Waals surface area contributed by atoms with Gasteiger partial charge in [-0.2, -0.15) is 0 Å². The van der Waals surface area contributed by atoms with E-state index in [0.29, 0.717) is 37.7 Å². The maximum atomic E-state index is 12.0. The second-order valence-electron chi connectivity index (χ2n) is 7.10. The van der Waals surface area contributed by atoms with E-state index >= 15 is 0 Å². The molecular weight excluding hydrogens is 342 g/mol. The van der Waals surface area contributed by atoms with Crippen LogP contribution in [0, 0.1) is 0 Å². The number of cyclic esters (lactones) is 1. The molecule has 0 unspecified atom stereocenters. The first-order valence-corrected chi connectivity index (χ1v) is 9.40. The van der Waals surface area contributed by atoms with Crippen LogP contribution in [-0.2, 0) is 14.3 Å². The molecule has 0 aromatic carbocycles. The van der Waals surface area contributed by atoms with Crippen LogP contribution in [0.2, 0.25) is 0 Å². The van der Waals surface area contributed by atoms with Gasteiger partial charge in [-0.3, -0.25) is 9.69 Å². The van der Waals surface area contributed by atoms with Gasteiger partial charge < -0.3 is 19.7 Å². The zero-order chi connectivity index (χ0) is 18.4. The number of hydrogen-bond acceptors (Lipinski definition) is 5. The molecule has 0 bridgehead atoms. The van der Waals surface area contributed by atoms with Crippen molar-refractivity contribution in [3.05, 3.63) is 0 Å². The van der Waals surface area contributed by atoms with Crippen molar-refractivity contribution >= 4 is 29.4 Å². The lowest BCUT2D eigenvalue weighted by atomic mass is 9.97. The summed E-state index contributed by atoms with van der Waals surface area (Å²) in [5.41, 5.74) is -0.240. The van der Waals surface area contributed by atoms with E-state index in [9.17, 15) is 9.59 Å². The average molecular weight is 372 g/mol. The fraction of sp³-hybridized carbons (Fsp3) is 0.824. The number of esters is 1. The number of thiocarbonyl (C=S) groups is 1. The topological polar surface area (TPSA) is 71.1 Å². The molecule has 0 atom stereocenters. The second-order valence-corrected chi connectivity index (χ2v) is 7.48. The fourth-order valence-corrected chi connectivity index (χ4v) is 3.65. The summed E-state index contributed by atoms with van der Waals surface area (Å²) in [6, 6.07) is 0.202. The number of carbonyl (C=O) groups excluding carboxylic acids is 2. The molecule has 1 amide bonds. The van der Waals surface area contributed by atoms with E-state index in [0.717, 1.165) is 25.9 Å². The highest BCUT2D eigenvalue weighted by atomic mass is 32.1. The van der Waals surface area contributed by atoms with Crippen LogP contribution in [0.5, 0.6) is 0 Å². The predicted molar refractivity (Wildman–Crippen MR) is 98.3 cm³/mol. The Bertz CT molecular complexity index is 504. The maximum absolute atomic E-state index is 12.0. The predicted octanol–water partition coefficient (Wildman–Crippen LogP) is 1.90. The average Bonchev–Trinajstić information content (AvgIpc) is 2.85. The number of nitrogens with zero attached hydrogens (tertiary/aromatic N) is 2. The third-order valence-electron chi connectivity index (χ3n) is 4.65. The van der Waals surface area contributed by atoms with Crippen LogP contribution in [0.3, 0.4) is 0 Å². The number of piperidine rings is 1. The van der Waals surface area contributed by atoms with E-state index < -0.39 is 0 Å². The summed E-state index contributed by atoms with van der Waals surface area (Å²) in [4.78, 5) is 27.3. The third-order valence-corrected chi connectivity index (χ3v) is 5.06. The van der Waals surface area contributed by atoms with Gasteiger partial charge in [-0.25, -0.2) is 4.79 Å². The van der Waals surface area contributed by atoms with Crippen LogP contribution in [0.4, 0.5) is 4.79 Å². The highest BCUT2D eigenvalue weighted by Crippen LogP contribution is 2.30. The molecule has 2 rings (SSSR count). The van der Waals surface area contributed by atoms with Crippen LogP contribution in [0.25, 0.3) is 0 Å². The van der Waals surface area contributed by atoms with E-state index in [1.807, 2.05) is 18.7 Å². The normalized spacial score (nSPS) is 20.4. The lowest BCUT2D eigenvalue weighted by molar-refractivity contribution is -0.143. The first kappa shape index (κ1) is 19.8. The molecule has 0 aliphatic carbocycles. The lowest BCUT2D eigenvalue weighted by Crippen LogP contribution is -2.54. The Hall–Kier alpha value is -1.57. The molecule has 2 fully saturated rings. The zero-order valence-corrected chi connectivity index (χ0v) is 16.2. The lowest BCUT2D eigenvalue weighted by Gasteiger charge is -2.41. The van der Waals surface area contributed by atoms with E-state index in [-0.39, 0.29) is 23.6 Å². The Balaban J connectivity index is 1.70. The summed E-state index contributed by atoms with van der Waals surface area (Å²) in [6.45, 7) is 9.04. The van der Waals surface area contributed by atoms with Crippen LogP contribution in [0.1, 0.15) is 46.5 Å². The monoisotopic (exact) mass is 371 g/mol. The summed E-state index contributed by atoms with van der Waals surface area (Å²) in [7, 11) is 0. The van der Waals surface area contributed by atoms with E-state index in [1.54, 1.807) is 6.92 Å². The van der Waals surface area contributed by atoms with Crippen LogP contribution >= 0.6 is 12.2 Å². The summed E-state index contributed by atoms with van der Waals surface area (Å²) in [6.07, 6.45) is 2.65. The molecule has 0 aromatic heterocycles. The number of rotatable bonds is 6. The molecule has 2 aliphatic heterocycles. The highest BCUT2D eigenvalue weighted by Gasteiger charge is 2.44. The standard InChI is InChI=1S/C17H29N3O4S/c1-4-23-14(21)6-5-9-18-15(25)19-10-7-13(8-11-19)20-16(22)24-12-17(20,2)3/h13H,4-12H2,1-3H3,(H,18,25). The minimum absolute atomic E-state index is 0.170. The van der Waals surface area contributed by atoms with Crippen LogP contribution in [-0.4, -0.2) is 71.4 Å². The van der Waals surface area contributed by atoms with Crippen LogP contribution < -0.4 is 5.32 Å². The van der Waals surface area contributed by atoms with Crippen molar-refractivity contribution in [3.63, 3.8) is 0 Å². The molecule has 0 saturated carbocycles. The SMILES string of the molecule is CCOC(=O)CCCNC(=S)N1CCC(N2C(=O)OCC2(C)C)CC1. The number of amides is 1. The van der Waals surface area contributed by atoms with E-state index in [1.165, 1.54) is 0 Å². The minimum atomic E-state index is -0.240. The van der Waals surface area contributed by atoms with Gasteiger partial charge in [-0.1, -0.05) is 0 Å². The van der Waals surface area contributed by atoms with Crippen molar-refractivity contribution in [3.8, 4) is 0 Å². The van der Waals surface area contributed by atoms with Crippen molar-refractivity contribution in [2.24, 2.45) is 0 Å². The number of likely N-dealkylation sites (tertiary alicyclic amines) is 1. The first-order valence-electron chi connectivity index (χ1n) is 8.99. The van der Waals surface area contributed by atoms with E-state index in [4.69, 9.17) is 21.7 Å². The maximum Gasteiger partial charge on any atom is 0.410 e. The van der Waals surface area contributed by atoms with Crippen molar-refractivity contribution in [1.82, 2.24) is 15.1 Å². The van der Waals surface area contributed by atoms with Gasteiger partial charge in [-0.05, 0) is 52.3 Å². The van der Waals surface area contributed by atoms with Gasteiger partial charge in [0.05, 0.1) is 12.1 Å². The van der Waals surface area contributed by atoms with Gasteiger partial charge in [0.2, 0.25) is 0 Å². The number of nitrogens with one attached hydrogen (secondary N) is 1. The summed E-state index contributed by atoms with van der Waals surface area (Å²) < 4.78 is 10.1. The highest BCUT2D eigenvalue weighted by molar-refractivity contribution is 7.80. The van der Waals surface area contributed by atoms with Crippen molar-refractivity contribution < 1.29 is 19.1 Å². The summed E-state index contributed by atoms with van der Waals surface area (Å²) >= 11 is 5.44. The van der Waals surface area contributed by atoms with Crippen molar-refractivity contribution in [2.75, 3.05) is 32.8 Å². The molecule has 0 radical (unpaired) electrons. The second kappa shape index (κ2) is 8.69. The molecular formula is C17H29N3O4S. The Labute approximate surface area is 155 Å². The van der Waals surface area contributed by atoms with Gasteiger partial charge in [0.1, 0.15) is 6.61 Å². The fourth-order valence-electron chi connectivity index (χ4n) is 3.37. The molecule has 2 saturated heterocycles. The molecule has 25 heavy (non-hydrogen) atoms. The Kier molecular flexibility index (Phi) is 6.87. The molecule has 8 heteroatoms. The zero-order valence-electron chi connectivity index (χ0n) is 15.4. The van der Waals surface area contributed by atoms with Gasteiger partial charge in [0.25, 0.3) is 0 Å². The number of hydrogen-bond donors (Lipinski definition) is 1. The van der Waals surface area contributed by atoms with Gasteiger partial charge in [-0.15, -0.1) is 0 Å². The molecule has 0 spiro atoms. The van der Waals surface area contributed by atoms with Gasteiger partial charge in [0, 0.05) is 32.1 Å². The largest absolute Gasteiger partial charge is 0.466 e.